The lowest BCUT2D eigenvalue weighted by molar-refractivity contribution is 0.0694. The van der Waals surface area contributed by atoms with Crippen LogP contribution in [0.4, 0.5) is 4.39 Å². The molecule has 0 aromatic heterocycles. The first-order chi connectivity index (χ1) is 15.2. The normalized spacial score (nSPS) is 21.5. The highest BCUT2D eigenvalue weighted by molar-refractivity contribution is 8.02. The van der Waals surface area contributed by atoms with Crippen LogP contribution in [0.1, 0.15) is 16.8 Å². The van der Waals surface area contributed by atoms with Crippen LogP contribution in [0.5, 0.6) is 0 Å². The standard InChI is InChI=1S/C21H23FN2O5S3/c22-16-5-7-18(8-6-16)32(28,29)24-12-10-23(11-13-24)21(25)19-3-1-2-4-20(19)30-17-9-14-31(26,27)15-17/h1-8,17H,9-15H2/t17-/m1/s1. The summed E-state index contributed by atoms with van der Waals surface area (Å²) in [7, 11) is -6.77. The molecule has 1 atom stereocenters. The summed E-state index contributed by atoms with van der Waals surface area (Å²) in [4.78, 5) is 15.5. The Morgan fingerprint density at radius 2 is 1.66 bits per heavy atom. The molecule has 0 spiro atoms. The first-order valence-corrected chi connectivity index (χ1v) is 14.3. The largest absolute Gasteiger partial charge is 0.336 e. The van der Waals surface area contributed by atoms with Crippen molar-refractivity contribution in [3.8, 4) is 0 Å². The molecular formula is C21H23FN2O5S3. The van der Waals surface area contributed by atoms with Crippen molar-refractivity contribution in [1.82, 2.24) is 9.21 Å². The van der Waals surface area contributed by atoms with Gasteiger partial charge in [0.05, 0.1) is 22.0 Å². The highest BCUT2D eigenvalue weighted by atomic mass is 32.2. The summed E-state index contributed by atoms with van der Waals surface area (Å²) in [6.07, 6.45) is 0.565. The monoisotopic (exact) mass is 498 g/mol. The first kappa shape index (κ1) is 23.2. The Labute approximate surface area is 191 Å². The Hall–Kier alpha value is -1.95. The zero-order chi connectivity index (χ0) is 22.9. The zero-order valence-corrected chi connectivity index (χ0v) is 19.6. The fourth-order valence-corrected chi connectivity index (χ4v) is 8.88. The summed E-state index contributed by atoms with van der Waals surface area (Å²) in [5, 5.41) is -0.0772. The van der Waals surface area contributed by atoms with Crippen LogP contribution in [-0.4, -0.2) is 74.9 Å². The number of sulfonamides is 1. The number of thioether (sulfide) groups is 1. The molecule has 2 aliphatic heterocycles. The number of benzene rings is 2. The Balaban J connectivity index is 1.43. The molecule has 2 fully saturated rings. The van der Waals surface area contributed by atoms with E-state index in [2.05, 4.69) is 0 Å². The van der Waals surface area contributed by atoms with Crippen molar-refractivity contribution in [2.75, 3.05) is 37.7 Å². The molecule has 0 aliphatic carbocycles. The fraction of sp³-hybridized carbons (Fsp3) is 0.381. The predicted octanol–water partition coefficient (Wildman–Crippen LogP) is 2.25. The maximum Gasteiger partial charge on any atom is 0.255 e. The van der Waals surface area contributed by atoms with E-state index in [9.17, 15) is 26.0 Å². The molecule has 7 nitrogen and oxygen atoms in total. The number of halogens is 1. The van der Waals surface area contributed by atoms with Gasteiger partial charge >= 0.3 is 0 Å². The molecule has 0 unspecified atom stereocenters. The summed E-state index contributed by atoms with van der Waals surface area (Å²) < 4.78 is 63.6. The number of carbonyl (C=O) groups is 1. The Morgan fingerprint density at radius 3 is 2.28 bits per heavy atom. The average Bonchev–Trinajstić information content (AvgIpc) is 3.12. The summed E-state index contributed by atoms with van der Waals surface area (Å²) in [5.41, 5.74) is 0.497. The summed E-state index contributed by atoms with van der Waals surface area (Å²) >= 11 is 1.41. The number of nitrogens with zero attached hydrogens (tertiary/aromatic N) is 2. The van der Waals surface area contributed by atoms with Gasteiger partial charge in [-0.15, -0.1) is 11.8 Å². The minimum atomic E-state index is -3.76. The van der Waals surface area contributed by atoms with Crippen molar-refractivity contribution in [2.24, 2.45) is 0 Å². The molecule has 32 heavy (non-hydrogen) atoms. The van der Waals surface area contributed by atoms with Crippen LogP contribution >= 0.6 is 11.8 Å². The lowest BCUT2D eigenvalue weighted by Crippen LogP contribution is -2.50. The SMILES string of the molecule is O=C(c1ccccc1S[C@@H]1CCS(=O)(=O)C1)N1CCN(S(=O)(=O)c2ccc(F)cc2)CC1. The minimum absolute atomic E-state index is 0.0203. The third kappa shape index (κ3) is 5.00. The zero-order valence-electron chi connectivity index (χ0n) is 17.2. The molecule has 0 bridgehead atoms. The van der Waals surface area contributed by atoms with Crippen molar-refractivity contribution in [2.45, 2.75) is 21.5 Å². The van der Waals surface area contributed by atoms with Gasteiger partial charge in [-0.2, -0.15) is 4.31 Å². The number of piperazine rings is 1. The van der Waals surface area contributed by atoms with Crippen molar-refractivity contribution in [3.05, 3.63) is 59.9 Å². The van der Waals surface area contributed by atoms with Gasteiger partial charge in [0.15, 0.2) is 9.84 Å². The number of hydrogen-bond acceptors (Lipinski definition) is 6. The number of rotatable bonds is 5. The third-order valence-corrected chi connectivity index (χ3v) is 10.8. The van der Waals surface area contributed by atoms with Crippen LogP contribution < -0.4 is 0 Å². The Bertz CT molecular complexity index is 1210. The molecule has 4 rings (SSSR count). The molecule has 172 valence electrons. The molecule has 2 aromatic rings. The van der Waals surface area contributed by atoms with Gasteiger partial charge in [-0.3, -0.25) is 4.79 Å². The number of amides is 1. The lowest BCUT2D eigenvalue weighted by atomic mass is 10.2. The molecule has 0 radical (unpaired) electrons. The number of sulfone groups is 1. The number of hydrogen-bond donors (Lipinski definition) is 0. The van der Waals surface area contributed by atoms with Gasteiger partial charge in [0.2, 0.25) is 10.0 Å². The highest BCUT2D eigenvalue weighted by Crippen LogP contribution is 2.33. The van der Waals surface area contributed by atoms with Gasteiger partial charge in [-0.1, -0.05) is 12.1 Å². The van der Waals surface area contributed by atoms with E-state index in [1.807, 2.05) is 12.1 Å². The summed E-state index contributed by atoms with van der Waals surface area (Å²) in [5.74, 6) is -0.426. The van der Waals surface area contributed by atoms with E-state index in [1.54, 1.807) is 17.0 Å². The molecule has 2 aliphatic rings. The van der Waals surface area contributed by atoms with Crippen molar-refractivity contribution >= 4 is 37.5 Å². The van der Waals surface area contributed by atoms with Crippen LogP contribution in [0, 0.1) is 5.82 Å². The van der Waals surface area contributed by atoms with E-state index >= 15 is 0 Å². The van der Waals surface area contributed by atoms with E-state index in [1.165, 1.54) is 28.2 Å². The second-order valence-corrected chi connectivity index (χ2v) is 13.3. The minimum Gasteiger partial charge on any atom is -0.336 e. The summed E-state index contributed by atoms with van der Waals surface area (Å²) in [6.45, 7) is 0.745. The van der Waals surface area contributed by atoms with Gasteiger partial charge in [-0.05, 0) is 42.8 Å². The molecule has 2 saturated heterocycles. The fourth-order valence-electron chi connectivity index (χ4n) is 3.84. The van der Waals surface area contributed by atoms with Crippen LogP contribution in [0.2, 0.25) is 0 Å². The second-order valence-electron chi connectivity index (χ2n) is 7.79. The van der Waals surface area contributed by atoms with Gasteiger partial charge in [0.25, 0.3) is 5.91 Å². The smallest absolute Gasteiger partial charge is 0.255 e. The average molecular weight is 499 g/mol. The van der Waals surface area contributed by atoms with Gasteiger partial charge < -0.3 is 4.90 Å². The van der Waals surface area contributed by atoms with Crippen LogP contribution in [0.15, 0.2) is 58.3 Å². The highest BCUT2D eigenvalue weighted by Gasteiger charge is 2.32. The van der Waals surface area contributed by atoms with E-state index in [0.717, 1.165) is 17.0 Å². The topological polar surface area (TPSA) is 91.8 Å². The van der Waals surface area contributed by atoms with E-state index in [-0.39, 0.29) is 53.7 Å². The van der Waals surface area contributed by atoms with Crippen molar-refractivity contribution < 1.29 is 26.0 Å². The van der Waals surface area contributed by atoms with Crippen molar-refractivity contribution in [1.29, 1.82) is 0 Å². The van der Waals surface area contributed by atoms with E-state index in [0.29, 0.717) is 12.0 Å². The van der Waals surface area contributed by atoms with Gasteiger partial charge in [-0.25, -0.2) is 21.2 Å². The Morgan fingerprint density at radius 1 is 1.00 bits per heavy atom. The molecule has 2 heterocycles. The molecule has 1 amide bonds. The summed E-state index contributed by atoms with van der Waals surface area (Å²) in [6, 6.07) is 11.8. The first-order valence-electron chi connectivity index (χ1n) is 10.2. The maximum absolute atomic E-state index is 13.2. The lowest BCUT2D eigenvalue weighted by Gasteiger charge is -2.34. The maximum atomic E-state index is 13.2. The van der Waals surface area contributed by atoms with Crippen LogP contribution in [0.3, 0.4) is 0 Å². The molecule has 11 heteroatoms. The van der Waals surface area contributed by atoms with Crippen LogP contribution in [0.25, 0.3) is 0 Å². The van der Waals surface area contributed by atoms with Gasteiger partial charge in [0, 0.05) is 36.3 Å². The third-order valence-electron chi connectivity index (χ3n) is 5.58. The number of carbonyl (C=O) groups excluding carboxylic acids is 1. The van der Waals surface area contributed by atoms with E-state index in [4.69, 9.17) is 0 Å². The van der Waals surface area contributed by atoms with Gasteiger partial charge in [0.1, 0.15) is 5.82 Å². The molecule has 0 N–H and O–H groups in total. The Kier molecular flexibility index (Phi) is 6.62. The second kappa shape index (κ2) is 9.12. The van der Waals surface area contributed by atoms with Crippen molar-refractivity contribution in [3.63, 3.8) is 0 Å². The molecule has 0 saturated carbocycles. The van der Waals surface area contributed by atoms with E-state index < -0.39 is 25.7 Å². The molecular weight excluding hydrogens is 475 g/mol. The quantitative estimate of drug-likeness (QED) is 0.628. The predicted molar refractivity (Wildman–Crippen MR) is 120 cm³/mol. The molecule has 2 aromatic carbocycles. The van der Waals surface area contributed by atoms with Crippen LogP contribution in [-0.2, 0) is 19.9 Å².